The monoisotopic (exact) mass is 286 g/mol. The Morgan fingerprint density at radius 1 is 0.650 bits per heavy atom. The lowest BCUT2D eigenvalue weighted by Crippen LogP contribution is -2.20. The zero-order valence-electron chi connectivity index (χ0n) is 14.6. The van der Waals surface area contributed by atoms with Crippen LogP contribution in [-0.2, 0) is 9.47 Å². The SMILES string of the molecule is CCCCCCCC(OCCC(C)C)OCCC(C)C. The van der Waals surface area contributed by atoms with E-state index in [1.807, 2.05) is 0 Å². The quantitative estimate of drug-likeness (QED) is 0.297. The summed E-state index contributed by atoms with van der Waals surface area (Å²) in [6, 6.07) is 0. The Hall–Kier alpha value is -0.0800. The third-order valence-corrected chi connectivity index (χ3v) is 3.54. The van der Waals surface area contributed by atoms with Gasteiger partial charge in [-0.15, -0.1) is 0 Å². The van der Waals surface area contributed by atoms with Gasteiger partial charge in [-0.05, 0) is 37.5 Å². The molecule has 0 aliphatic heterocycles. The van der Waals surface area contributed by atoms with Gasteiger partial charge in [-0.3, -0.25) is 0 Å². The molecule has 0 heterocycles. The molecule has 122 valence electrons. The van der Waals surface area contributed by atoms with Crippen LogP contribution in [0.25, 0.3) is 0 Å². The first-order chi connectivity index (χ1) is 9.56. The van der Waals surface area contributed by atoms with Crippen LogP contribution in [0.3, 0.4) is 0 Å². The largest absolute Gasteiger partial charge is 0.353 e. The van der Waals surface area contributed by atoms with Crippen LogP contribution in [0, 0.1) is 11.8 Å². The van der Waals surface area contributed by atoms with E-state index in [0.29, 0.717) is 11.8 Å². The van der Waals surface area contributed by atoms with Crippen molar-refractivity contribution in [2.75, 3.05) is 13.2 Å². The highest BCUT2D eigenvalue weighted by molar-refractivity contribution is 4.52. The first-order valence-electron chi connectivity index (χ1n) is 8.79. The second kappa shape index (κ2) is 13.9. The highest BCUT2D eigenvalue weighted by Gasteiger charge is 2.10. The van der Waals surface area contributed by atoms with Crippen LogP contribution in [0.2, 0.25) is 0 Å². The van der Waals surface area contributed by atoms with Crippen LogP contribution in [0.4, 0.5) is 0 Å². The summed E-state index contributed by atoms with van der Waals surface area (Å²) in [5.41, 5.74) is 0. The topological polar surface area (TPSA) is 18.5 Å². The molecule has 0 aliphatic rings. The van der Waals surface area contributed by atoms with Crippen LogP contribution < -0.4 is 0 Å². The van der Waals surface area contributed by atoms with E-state index in [4.69, 9.17) is 9.47 Å². The lowest BCUT2D eigenvalue weighted by atomic mass is 10.1. The molecule has 0 radical (unpaired) electrons. The number of rotatable bonds is 14. The minimum atomic E-state index is 0.0223. The fourth-order valence-electron chi connectivity index (χ4n) is 2.00. The van der Waals surface area contributed by atoms with E-state index in [-0.39, 0.29) is 6.29 Å². The molecular formula is C18H38O2. The van der Waals surface area contributed by atoms with Gasteiger partial charge >= 0.3 is 0 Å². The zero-order chi connectivity index (χ0) is 15.2. The minimum absolute atomic E-state index is 0.0223. The molecule has 2 heteroatoms. The molecule has 0 rings (SSSR count). The standard InChI is InChI=1S/C18H38O2/c1-6-7-8-9-10-11-18(19-14-12-16(2)3)20-15-13-17(4)5/h16-18H,6-15H2,1-5H3. The van der Waals surface area contributed by atoms with Gasteiger partial charge in [0, 0.05) is 13.2 Å². The summed E-state index contributed by atoms with van der Waals surface area (Å²) in [5, 5.41) is 0. The normalized spacial score (nSPS) is 12.0. The van der Waals surface area contributed by atoms with Gasteiger partial charge in [-0.1, -0.05) is 60.3 Å². The Balaban J connectivity index is 3.79. The van der Waals surface area contributed by atoms with E-state index >= 15 is 0 Å². The molecule has 0 unspecified atom stereocenters. The van der Waals surface area contributed by atoms with Gasteiger partial charge in [0.15, 0.2) is 6.29 Å². The maximum atomic E-state index is 5.92. The van der Waals surface area contributed by atoms with Crippen LogP contribution in [0.5, 0.6) is 0 Å². The Bertz CT molecular complexity index is 176. The van der Waals surface area contributed by atoms with Crippen molar-refractivity contribution in [2.45, 2.75) is 92.3 Å². The first-order valence-corrected chi connectivity index (χ1v) is 8.79. The number of hydrogen-bond acceptors (Lipinski definition) is 2. The van der Waals surface area contributed by atoms with Crippen LogP contribution in [0.15, 0.2) is 0 Å². The summed E-state index contributed by atoms with van der Waals surface area (Å²) in [6.07, 6.45) is 9.88. The Morgan fingerprint density at radius 3 is 1.60 bits per heavy atom. The predicted molar refractivity (Wildman–Crippen MR) is 88.0 cm³/mol. The van der Waals surface area contributed by atoms with E-state index in [9.17, 15) is 0 Å². The maximum absolute atomic E-state index is 5.92. The molecule has 0 amide bonds. The Kier molecular flexibility index (Phi) is 13.8. The van der Waals surface area contributed by atoms with E-state index in [1.165, 1.54) is 32.1 Å². The van der Waals surface area contributed by atoms with E-state index in [0.717, 1.165) is 32.5 Å². The van der Waals surface area contributed by atoms with Gasteiger partial charge in [-0.2, -0.15) is 0 Å². The Labute approximate surface area is 127 Å². The summed E-state index contributed by atoms with van der Waals surface area (Å²) in [7, 11) is 0. The maximum Gasteiger partial charge on any atom is 0.157 e. The molecule has 0 fully saturated rings. The molecule has 0 aromatic heterocycles. The van der Waals surface area contributed by atoms with E-state index in [2.05, 4.69) is 34.6 Å². The van der Waals surface area contributed by atoms with Gasteiger partial charge in [0.2, 0.25) is 0 Å². The van der Waals surface area contributed by atoms with Gasteiger partial charge < -0.3 is 9.47 Å². The van der Waals surface area contributed by atoms with Crippen LogP contribution >= 0.6 is 0 Å². The lowest BCUT2D eigenvalue weighted by Gasteiger charge is -2.20. The third-order valence-electron chi connectivity index (χ3n) is 3.54. The average Bonchev–Trinajstić information content (AvgIpc) is 2.37. The van der Waals surface area contributed by atoms with Crippen LogP contribution in [-0.4, -0.2) is 19.5 Å². The average molecular weight is 286 g/mol. The molecule has 0 N–H and O–H groups in total. The summed E-state index contributed by atoms with van der Waals surface area (Å²) < 4.78 is 11.8. The van der Waals surface area contributed by atoms with Gasteiger partial charge in [0.05, 0.1) is 0 Å². The van der Waals surface area contributed by atoms with Crippen molar-refractivity contribution in [3.63, 3.8) is 0 Å². The molecular weight excluding hydrogens is 248 g/mol. The minimum Gasteiger partial charge on any atom is -0.353 e. The Morgan fingerprint density at radius 2 is 1.15 bits per heavy atom. The summed E-state index contributed by atoms with van der Waals surface area (Å²) >= 11 is 0. The molecule has 0 aromatic carbocycles. The molecule has 20 heavy (non-hydrogen) atoms. The van der Waals surface area contributed by atoms with Crippen molar-refractivity contribution >= 4 is 0 Å². The molecule has 0 atom stereocenters. The predicted octanol–water partition coefficient (Wildman–Crippen LogP) is 5.80. The molecule has 0 aromatic rings. The summed E-state index contributed by atoms with van der Waals surface area (Å²) in [5.74, 6) is 1.41. The highest BCUT2D eigenvalue weighted by Crippen LogP contribution is 2.13. The smallest absolute Gasteiger partial charge is 0.157 e. The summed E-state index contributed by atoms with van der Waals surface area (Å²) in [6.45, 7) is 12.9. The fourth-order valence-corrected chi connectivity index (χ4v) is 2.00. The van der Waals surface area contributed by atoms with E-state index < -0.39 is 0 Å². The van der Waals surface area contributed by atoms with Gasteiger partial charge in [-0.25, -0.2) is 0 Å². The lowest BCUT2D eigenvalue weighted by molar-refractivity contribution is -0.150. The summed E-state index contributed by atoms with van der Waals surface area (Å²) in [4.78, 5) is 0. The van der Waals surface area contributed by atoms with Gasteiger partial charge in [0.1, 0.15) is 0 Å². The van der Waals surface area contributed by atoms with Crippen molar-refractivity contribution in [3.05, 3.63) is 0 Å². The van der Waals surface area contributed by atoms with Crippen molar-refractivity contribution in [1.82, 2.24) is 0 Å². The highest BCUT2D eigenvalue weighted by atomic mass is 16.7. The third kappa shape index (κ3) is 14.3. The molecule has 0 saturated heterocycles. The molecule has 0 spiro atoms. The molecule has 2 nitrogen and oxygen atoms in total. The van der Waals surface area contributed by atoms with Crippen LogP contribution in [0.1, 0.15) is 86.0 Å². The first kappa shape index (κ1) is 19.9. The van der Waals surface area contributed by atoms with E-state index in [1.54, 1.807) is 0 Å². The second-order valence-corrected chi connectivity index (χ2v) is 6.74. The van der Waals surface area contributed by atoms with Crippen molar-refractivity contribution < 1.29 is 9.47 Å². The fraction of sp³-hybridized carbons (Fsp3) is 1.00. The second-order valence-electron chi connectivity index (χ2n) is 6.74. The zero-order valence-corrected chi connectivity index (χ0v) is 14.6. The van der Waals surface area contributed by atoms with Crippen molar-refractivity contribution in [3.8, 4) is 0 Å². The van der Waals surface area contributed by atoms with Gasteiger partial charge in [0.25, 0.3) is 0 Å². The molecule has 0 saturated carbocycles. The molecule has 0 aliphatic carbocycles. The number of unbranched alkanes of at least 4 members (excludes halogenated alkanes) is 4. The van der Waals surface area contributed by atoms with Crippen molar-refractivity contribution in [2.24, 2.45) is 11.8 Å². The number of ether oxygens (including phenoxy) is 2. The van der Waals surface area contributed by atoms with Crippen molar-refractivity contribution in [1.29, 1.82) is 0 Å². The molecule has 0 bridgehead atoms. The number of hydrogen-bond donors (Lipinski definition) is 0.